The third kappa shape index (κ3) is 6.68. The summed E-state index contributed by atoms with van der Waals surface area (Å²) in [5, 5.41) is 0. The van der Waals surface area contributed by atoms with Crippen molar-refractivity contribution in [3.8, 4) is 5.75 Å². The average Bonchev–Trinajstić information content (AvgIpc) is 3.20. The minimum absolute atomic E-state index is 0.0226. The van der Waals surface area contributed by atoms with Crippen LogP contribution in [0.5, 0.6) is 5.75 Å². The predicted octanol–water partition coefficient (Wildman–Crippen LogP) is 5.99. The number of hydrogen-bond acceptors (Lipinski definition) is 5. The van der Waals surface area contributed by atoms with E-state index < -0.39 is 5.79 Å². The largest absolute Gasteiger partial charge is 0.497 e. The Bertz CT molecular complexity index is 614. The molecule has 0 amide bonds. The fourth-order valence-electron chi connectivity index (χ4n) is 4.37. The standard InChI is InChI=1S/C25H40O5/c1-5-6-7-8-9-10-11-12-13-21-22(23-24(28-21)30-25(2,3)29-23)27-18-19-14-16-20(26-4)17-15-19/h14-17,21-24H,5-13,18H2,1-4H3/t21-,22+,23-,24-/m1/s1. The van der Waals surface area contributed by atoms with Gasteiger partial charge in [0.25, 0.3) is 0 Å². The first-order chi connectivity index (χ1) is 14.5. The van der Waals surface area contributed by atoms with E-state index in [9.17, 15) is 0 Å². The molecule has 0 bridgehead atoms. The highest BCUT2D eigenvalue weighted by molar-refractivity contribution is 5.26. The molecule has 2 saturated heterocycles. The molecule has 0 unspecified atom stereocenters. The van der Waals surface area contributed by atoms with Gasteiger partial charge >= 0.3 is 0 Å². The maximum Gasteiger partial charge on any atom is 0.190 e. The lowest BCUT2D eigenvalue weighted by molar-refractivity contribution is -0.219. The first kappa shape index (κ1) is 23.5. The smallest absolute Gasteiger partial charge is 0.190 e. The van der Waals surface area contributed by atoms with Gasteiger partial charge in [-0.25, -0.2) is 0 Å². The van der Waals surface area contributed by atoms with Gasteiger partial charge in [-0.3, -0.25) is 0 Å². The molecular formula is C25H40O5. The van der Waals surface area contributed by atoms with E-state index in [4.69, 9.17) is 23.7 Å². The van der Waals surface area contributed by atoms with E-state index in [0.717, 1.165) is 24.2 Å². The molecule has 2 aliphatic rings. The summed E-state index contributed by atoms with van der Waals surface area (Å²) in [4.78, 5) is 0. The molecule has 3 rings (SSSR count). The van der Waals surface area contributed by atoms with Crippen molar-refractivity contribution in [3.05, 3.63) is 29.8 Å². The number of ether oxygens (including phenoxy) is 5. The molecule has 5 nitrogen and oxygen atoms in total. The fourth-order valence-corrected chi connectivity index (χ4v) is 4.37. The number of unbranched alkanes of at least 4 members (excludes halogenated alkanes) is 7. The summed E-state index contributed by atoms with van der Waals surface area (Å²) in [6.45, 7) is 6.66. The number of fused-ring (bicyclic) bond motifs is 1. The Labute approximate surface area is 182 Å². The van der Waals surface area contributed by atoms with E-state index in [1.165, 1.54) is 44.9 Å². The highest BCUT2D eigenvalue weighted by Crippen LogP contribution is 2.40. The highest BCUT2D eigenvalue weighted by atomic mass is 16.8. The topological polar surface area (TPSA) is 46.2 Å². The van der Waals surface area contributed by atoms with Crippen LogP contribution in [-0.4, -0.2) is 37.5 Å². The van der Waals surface area contributed by atoms with Gasteiger partial charge in [0.2, 0.25) is 0 Å². The summed E-state index contributed by atoms with van der Waals surface area (Å²) in [6.07, 6.45) is 10.9. The summed E-state index contributed by atoms with van der Waals surface area (Å²) >= 11 is 0. The minimum Gasteiger partial charge on any atom is -0.497 e. The molecule has 0 spiro atoms. The van der Waals surface area contributed by atoms with Crippen LogP contribution in [0.3, 0.4) is 0 Å². The van der Waals surface area contributed by atoms with Gasteiger partial charge in [-0.1, -0.05) is 70.4 Å². The van der Waals surface area contributed by atoms with Crippen LogP contribution in [0.1, 0.15) is 84.1 Å². The van der Waals surface area contributed by atoms with Crippen LogP contribution in [0.25, 0.3) is 0 Å². The molecule has 0 aromatic heterocycles. The van der Waals surface area contributed by atoms with Gasteiger partial charge in [0.1, 0.15) is 18.0 Å². The predicted molar refractivity (Wildman–Crippen MR) is 117 cm³/mol. The average molecular weight is 421 g/mol. The Morgan fingerprint density at radius 1 is 0.900 bits per heavy atom. The van der Waals surface area contributed by atoms with Crippen LogP contribution >= 0.6 is 0 Å². The van der Waals surface area contributed by atoms with E-state index in [0.29, 0.717) is 6.61 Å². The van der Waals surface area contributed by atoms with Gasteiger partial charge in [0.05, 0.1) is 19.8 Å². The second kappa shape index (κ2) is 11.5. The van der Waals surface area contributed by atoms with Crippen LogP contribution in [0.4, 0.5) is 0 Å². The monoisotopic (exact) mass is 420 g/mol. The zero-order chi connectivity index (χ0) is 21.4. The lowest BCUT2D eigenvalue weighted by atomic mass is 10.0. The first-order valence-corrected chi connectivity index (χ1v) is 11.8. The Kier molecular flexibility index (Phi) is 8.99. The van der Waals surface area contributed by atoms with E-state index in [2.05, 4.69) is 6.92 Å². The van der Waals surface area contributed by atoms with Gasteiger partial charge in [-0.2, -0.15) is 0 Å². The molecule has 2 fully saturated rings. The maximum atomic E-state index is 6.33. The third-order valence-corrected chi connectivity index (χ3v) is 6.03. The van der Waals surface area contributed by atoms with E-state index in [-0.39, 0.29) is 24.6 Å². The Balaban J connectivity index is 1.47. The molecule has 1 aromatic carbocycles. The lowest BCUT2D eigenvalue weighted by Gasteiger charge is -2.26. The van der Waals surface area contributed by atoms with Crippen LogP contribution in [0, 0.1) is 0 Å². The van der Waals surface area contributed by atoms with E-state index in [1.54, 1.807) is 7.11 Å². The van der Waals surface area contributed by atoms with Crippen molar-refractivity contribution in [2.24, 2.45) is 0 Å². The van der Waals surface area contributed by atoms with Gasteiger partial charge in [0, 0.05) is 0 Å². The quantitative estimate of drug-likeness (QED) is 0.367. The molecular weight excluding hydrogens is 380 g/mol. The normalized spacial score (nSPS) is 27.3. The van der Waals surface area contributed by atoms with Crippen molar-refractivity contribution in [3.63, 3.8) is 0 Å². The van der Waals surface area contributed by atoms with Crippen molar-refractivity contribution >= 4 is 0 Å². The van der Waals surface area contributed by atoms with Crippen molar-refractivity contribution in [2.45, 2.75) is 116 Å². The Hall–Kier alpha value is -1.14. The second-order valence-corrected chi connectivity index (χ2v) is 9.03. The fraction of sp³-hybridized carbons (Fsp3) is 0.760. The van der Waals surface area contributed by atoms with Crippen LogP contribution in [0.15, 0.2) is 24.3 Å². The van der Waals surface area contributed by atoms with Crippen molar-refractivity contribution in [2.75, 3.05) is 7.11 Å². The van der Waals surface area contributed by atoms with Crippen molar-refractivity contribution < 1.29 is 23.7 Å². The maximum absolute atomic E-state index is 6.33. The Morgan fingerprint density at radius 3 is 2.23 bits per heavy atom. The summed E-state index contributed by atoms with van der Waals surface area (Å²) in [6, 6.07) is 8.00. The van der Waals surface area contributed by atoms with Crippen molar-refractivity contribution in [1.29, 1.82) is 0 Å². The molecule has 0 N–H and O–H groups in total. The minimum atomic E-state index is -0.624. The summed E-state index contributed by atoms with van der Waals surface area (Å²) in [5.41, 5.74) is 1.11. The lowest BCUT2D eigenvalue weighted by Crippen LogP contribution is -2.36. The van der Waals surface area contributed by atoms with Gasteiger partial charge in [-0.15, -0.1) is 0 Å². The highest BCUT2D eigenvalue weighted by Gasteiger charge is 2.55. The number of hydrogen-bond donors (Lipinski definition) is 0. The zero-order valence-electron chi connectivity index (χ0n) is 19.2. The van der Waals surface area contributed by atoms with Crippen LogP contribution in [-0.2, 0) is 25.6 Å². The number of benzene rings is 1. The van der Waals surface area contributed by atoms with Gasteiger partial charge < -0.3 is 23.7 Å². The van der Waals surface area contributed by atoms with Crippen LogP contribution < -0.4 is 4.74 Å². The summed E-state index contributed by atoms with van der Waals surface area (Å²) < 4.78 is 29.9. The van der Waals surface area contributed by atoms with Crippen molar-refractivity contribution in [1.82, 2.24) is 0 Å². The number of rotatable bonds is 13. The van der Waals surface area contributed by atoms with E-state index in [1.807, 2.05) is 38.1 Å². The molecule has 2 heterocycles. The molecule has 5 heteroatoms. The third-order valence-electron chi connectivity index (χ3n) is 6.03. The molecule has 1 aromatic rings. The molecule has 0 saturated carbocycles. The second-order valence-electron chi connectivity index (χ2n) is 9.03. The molecule has 4 atom stereocenters. The number of methoxy groups -OCH3 is 1. The molecule has 0 aliphatic carbocycles. The van der Waals surface area contributed by atoms with Gasteiger partial charge in [-0.05, 0) is 38.0 Å². The molecule has 2 aliphatic heterocycles. The van der Waals surface area contributed by atoms with E-state index >= 15 is 0 Å². The zero-order valence-corrected chi connectivity index (χ0v) is 19.2. The Morgan fingerprint density at radius 2 is 1.57 bits per heavy atom. The molecule has 0 radical (unpaired) electrons. The summed E-state index contributed by atoms with van der Waals surface area (Å²) in [7, 11) is 1.68. The summed E-state index contributed by atoms with van der Waals surface area (Å²) in [5.74, 6) is 0.227. The SMILES string of the molecule is CCCCCCCCCC[C@H]1O[C@@H]2OC(C)(C)O[C@@H]2[C@H]1OCc1ccc(OC)cc1. The molecule has 30 heavy (non-hydrogen) atoms. The first-order valence-electron chi connectivity index (χ1n) is 11.8. The van der Waals surface area contributed by atoms with Crippen LogP contribution in [0.2, 0.25) is 0 Å². The molecule has 170 valence electrons. The van der Waals surface area contributed by atoms with Gasteiger partial charge in [0.15, 0.2) is 12.1 Å².